The summed E-state index contributed by atoms with van der Waals surface area (Å²) >= 11 is 0. The summed E-state index contributed by atoms with van der Waals surface area (Å²) in [6.45, 7) is 0. The van der Waals surface area contributed by atoms with Crippen LogP contribution in [0.1, 0.15) is 33.6 Å². The molecular weight excluding hydrogens is 368 g/mol. The third kappa shape index (κ3) is 11.2. The summed E-state index contributed by atoms with van der Waals surface area (Å²) in [5, 5.41) is 32.6. The lowest BCUT2D eigenvalue weighted by Gasteiger charge is -2.02. The van der Waals surface area contributed by atoms with Crippen LogP contribution in [0.15, 0.2) is 36.4 Å². The van der Waals surface area contributed by atoms with Crippen LogP contribution in [0.3, 0.4) is 0 Å². The van der Waals surface area contributed by atoms with Crippen molar-refractivity contribution in [1.29, 1.82) is 0 Å². The third-order valence-electron chi connectivity index (χ3n) is 2.49. The van der Waals surface area contributed by atoms with Crippen LogP contribution in [0.5, 0.6) is 0 Å². The number of carboxylic acid groups (broad SMARTS) is 4. The summed E-state index contributed by atoms with van der Waals surface area (Å²) in [4.78, 5) is 62.5. The minimum atomic E-state index is -1.26. The van der Waals surface area contributed by atoms with E-state index in [0.717, 1.165) is 0 Å². The van der Waals surface area contributed by atoms with Crippen molar-refractivity contribution >= 4 is 35.8 Å². The largest absolute Gasteiger partial charge is 0.481 e. The number of aliphatic carboxylic acids is 3. The Hall–Kier alpha value is -4.02. The van der Waals surface area contributed by atoms with Crippen molar-refractivity contribution in [2.75, 3.05) is 0 Å². The second-order valence-corrected chi connectivity index (χ2v) is 4.55. The van der Waals surface area contributed by atoms with Crippen LogP contribution in [0.2, 0.25) is 0 Å². The van der Waals surface area contributed by atoms with E-state index < -0.39 is 48.7 Å². The van der Waals surface area contributed by atoms with E-state index in [1.165, 1.54) is 24.3 Å². The van der Waals surface area contributed by atoms with Gasteiger partial charge in [0.2, 0.25) is 0 Å². The molecule has 0 aliphatic heterocycles. The molecule has 0 amide bonds. The molecule has 144 valence electrons. The monoisotopic (exact) mass is 382 g/mol. The molecule has 0 aliphatic carbocycles. The highest BCUT2D eigenvalue weighted by Crippen LogP contribution is 2.07. The van der Waals surface area contributed by atoms with E-state index in [-0.39, 0.29) is 11.1 Å². The smallest absolute Gasteiger partial charge is 0.345 e. The second kappa shape index (κ2) is 11.5. The van der Waals surface area contributed by atoms with Crippen molar-refractivity contribution in [3.05, 3.63) is 47.5 Å². The van der Waals surface area contributed by atoms with E-state index in [1.807, 2.05) is 0 Å². The fraction of sp³-hybridized carbons (Fsp3) is 0.125. The molecule has 0 heterocycles. The van der Waals surface area contributed by atoms with Gasteiger partial charge in [-0.3, -0.25) is 9.59 Å². The average molecular weight is 382 g/mol. The van der Waals surface area contributed by atoms with E-state index in [1.54, 1.807) is 0 Å². The van der Waals surface area contributed by atoms with Crippen molar-refractivity contribution in [3.63, 3.8) is 0 Å². The molecule has 1 rings (SSSR count). The minimum absolute atomic E-state index is 0.00578. The molecule has 0 atom stereocenters. The summed E-state index contributed by atoms with van der Waals surface area (Å²) in [5.41, 5.74) is 0.00225. The molecule has 4 N–H and O–H groups in total. The van der Waals surface area contributed by atoms with Crippen LogP contribution in [0, 0.1) is 0 Å². The summed E-state index contributed by atoms with van der Waals surface area (Å²) < 4.78 is 4.40. The third-order valence-corrected chi connectivity index (χ3v) is 2.49. The fourth-order valence-corrected chi connectivity index (χ4v) is 1.31. The van der Waals surface area contributed by atoms with Gasteiger partial charge in [0.15, 0.2) is 0 Å². The van der Waals surface area contributed by atoms with Crippen molar-refractivity contribution in [2.45, 2.75) is 12.8 Å². The topological polar surface area (TPSA) is 193 Å². The first-order valence-electron chi connectivity index (χ1n) is 6.97. The van der Waals surface area contributed by atoms with Gasteiger partial charge in [-0.15, -0.1) is 0 Å². The standard InChI is InChI=1S/C12H10O7.C4H4O4/c13-9(14)5-6-10(15)19-12(18)8-3-1-7(2-4-8)11(16)17;5-3(6)1-2-4(7)8/h1-4H,5-6H2,(H,13,14)(H,16,17);1-2H,(H,5,6)(H,7,8)/b;2-1-. The van der Waals surface area contributed by atoms with Crippen LogP contribution in [-0.2, 0) is 23.9 Å². The first-order valence-corrected chi connectivity index (χ1v) is 6.97. The van der Waals surface area contributed by atoms with Gasteiger partial charge in [0.05, 0.1) is 24.0 Å². The van der Waals surface area contributed by atoms with Gasteiger partial charge in [-0.05, 0) is 24.3 Å². The molecule has 0 bridgehead atoms. The van der Waals surface area contributed by atoms with Crippen molar-refractivity contribution < 1.29 is 53.9 Å². The molecule has 0 unspecified atom stereocenters. The number of rotatable bonds is 7. The lowest BCUT2D eigenvalue weighted by molar-refractivity contribution is -0.144. The minimum Gasteiger partial charge on any atom is -0.481 e. The number of esters is 2. The van der Waals surface area contributed by atoms with Crippen molar-refractivity contribution in [2.24, 2.45) is 0 Å². The number of aromatic carboxylic acids is 1. The number of carbonyl (C=O) groups is 6. The van der Waals surface area contributed by atoms with Gasteiger partial charge >= 0.3 is 35.8 Å². The zero-order valence-electron chi connectivity index (χ0n) is 13.5. The molecule has 0 spiro atoms. The van der Waals surface area contributed by atoms with Crippen LogP contribution < -0.4 is 0 Å². The van der Waals surface area contributed by atoms with E-state index >= 15 is 0 Å². The Kier molecular flexibility index (Phi) is 9.80. The highest BCUT2D eigenvalue weighted by molar-refractivity contribution is 5.98. The maximum Gasteiger partial charge on any atom is 0.345 e. The molecule has 0 saturated heterocycles. The van der Waals surface area contributed by atoms with E-state index in [9.17, 15) is 28.8 Å². The molecule has 0 radical (unpaired) electrons. The number of carboxylic acids is 4. The molecule has 11 heteroatoms. The summed E-state index contributed by atoms with van der Waals surface area (Å²) in [5.74, 6) is -6.73. The van der Waals surface area contributed by atoms with E-state index in [0.29, 0.717) is 12.2 Å². The van der Waals surface area contributed by atoms with Crippen LogP contribution in [0.25, 0.3) is 0 Å². The van der Waals surface area contributed by atoms with E-state index in [2.05, 4.69) is 4.74 Å². The summed E-state index contributed by atoms with van der Waals surface area (Å²) in [6, 6.07) is 4.80. The predicted octanol–water partition coefficient (Wildman–Crippen LogP) is 0.645. The van der Waals surface area contributed by atoms with Crippen molar-refractivity contribution in [1.82, 2.24) is 0 Å². The SMILES string of the molecule is O=C(O)/C=C\C(=O)O.O=C(O)CCC(=O)OC(=O)c1ccc(C(=O)O)cc1. The molecule has 27 heavy (non-hydrogen) atoms. The Labute approximate surface area is 151 Å². The van der Waals surface area contributed by atoms with E-state index in [4.69, 9.17) is 20.4 Å². The average Bonchev–Trinajstić information content (AvgIpc) is 2.58. The lowest BCUT2D eigenvalue weighted by atomic mass is 10.1. The fourth-order valence-electron chi connectivity index (χ4n) is 1.31. The highest BCUT2D eigenvalue weighted by atomic mass is 16.6. The number of ether oxygens (including phenoxy) is 1. The maximum absolute atomic E-state index is 11.4. The molecule has 11 nitrogen and oxygen atoms in total. The first-order chi connectivity index (χ1) is 12.5. The normalized spacial score (nSPS) is 9.63. The number of carbonyl (C=O) groups excluding carboxylic acids is 2. The van der Waals surface area contributed by atoms with Crippen LogP contribution in [0.4, 0.5) is 0 Å². The van der Waals surface area contributed by atoms with Gasteiger partial charge in [-0.25, -0.2) is 19.2 Å². The molecule has 1 aromatic rings. The maximum atomic E-state index is 11.4. The molecule has 1 aromatic carbocycles. The first kappa shape index (κ1) is 23.0. The Morgan fingerprint density at radius 3 is 1.56 bits per heavy atom. The molecule has 0 fully saturated rings. The van der Waals surface area contributed by atoms with Gasteiger partial charge in [0.1, 0.15) is 0 Å². The summed E-state index contributed by atoms with van der Waals surface area (Å²) in [7, 11) is 0. The van der Waals surface area contributed by atoms with Gasteiger partial charge < -0.3 is 25.2 Å². The zero-order chi connectivity index (χ0) is 21.0. The summed E-state index contributed by atoms with van der Waals surface area (Å²) in [6.07, 6.45) is 0.281. The quantitative estimate of drug-likeness (QED) is 0.294. The second-order valence-electron chi connectivity index (χ2n) is 4.55. The molecule has 0 aliphatic rings. The lowest BCUT2D eigenvalue weighted by Crippen LogP contribution is -2.14. The van der Waals surface area contributed by atoms with Gasteiger partial charge in [0.25, 0.3) is 0 Å². The number of hydrogen-bond acceptors (Lipinski definition) is 7. The Morgan fingerprint density at radius 2 is 1.19 bits per heavy atom. The zero-order valence-corrected chi connectivity index (χ0v) is 13.5. The molecular formula is C16H14O11. The van der Waals surface area contributed by atoms with Gasteiger partial charge in [-0.1, -0.05) is 0 Å². The molecule has 0 saturated carbocycles. The van der Waals surface area contributed by atoms with Gasteiger partial charge in [-0.2, -0.15) is 0 Å². The van der Waals surface area contributed by atoms with Crippen LogP contribution in [-0.4, -0.2) is 56.2 Å². The Morgan fingerprint density at radius 1 is 0.741 bits per heavy atom. The number of hydrogen-bond donors (Lipinski definition) is 4. The van der Waals surface area contributed by atoms with Crippen LogP contribution >= 0.6 is 0 Å². The molecule has 0 aromatic heterocycles. The Balaban J connectivity index is 0.000000713. The predicted molar refractivity (Wildman–Crippen MR) is 85.1 cm³/mol. The highest BCUT2D eigenvalue weighted by Gasteiger charge is 2.14. The van der Waals surface area contributed by atoms with Gasteiger partial charge in [0, 0.05) is 12.2 Å². The Bertz CT molecular complexity index is 743. The number of benzene rings is 1. The van der Waals surface area contributed by atoms with Crippen molar-refractivity contribution in [3.8, 4) is 0 Å².